The lowest BCUT2D eigenvalue weighted by atomic mass is 10.2. The topological polar surface area (TPSA) is 97.6 Å². The van der Waals surface area contributed by atoms with Crippen LogP contribution < -0.4 is 10.0 Å². The highest BCUT2D eigenvalue weighted by molar-refractivity contribution is 7.89. The van der Waals surface area contributed by atoms with E-state index < -0.39 is 10.0 Å². The maximum Gasteiger partial charge on any atom is 0.251 e. The van der Waals surface area contributed by atoms with Crippen LogP contribution in [0.3, 0.4) is 0 Å². The second-order valence-electron chi connectivity index (χ2n) is 6.70. The summed E-state index contributed by atoms with van der Waals surface area (Å²) in [7, 11) is -3.89. The summed E-state index contributed by atoms with van der Waals surface area (Å²) in [5.74, 6) is 0.349. The average Bonchev–Trinajstić information content (AvgIpc) is 3.29. The molecule has 1 heterocycles. The summed E-state index contributed by atoms with van der Waals surface area (Å²) in [6.07, 6.45) is 2.18. The van der Waals surface area contributed by atoms with Crippen LogP contribution in [-0.4, -0.2) is 27.5 Å². The Morgan fingerprint density at radius 3 is 2.61 bits per heavy atom. The Balaban J connectivity index is 1.52. The molecule has 0 unspecified atom stereocenters. The third-order valence-electron chi connectivity index (χ3n) is 4.37. The highest BCUT2D eigenvalue weighted by atomic mass is 35.5. The Labute approximate surface area is 186 Å². The van der Waals surface area contributed by atoms with Crippen molar-refractivity contribution in [3.8, 4) is 0 Å². The third-order valence-corrected chi connectivity index (χ3v) is 6.25. The summed E-state index contributed by atoms with van der Waals surface area (Å²) >= 11 is 6.10. The Morgan fingerprint density at radius 2 is 1.87 bits per heavy atom. The molecular formula is C22H23ClN2O5S. The molecule has 0 aliphatic heterocycles. The molecule has 1 amide bonds. The molecule has 0 saturated heterocycles. The fourth-order valence-corrected chi connectivity index (χ4v) is 4.29. The number of furan rings is 1. The van der Waals surface area contributed by atoms with Gasteiger partial charge in [0.15, 0.2) is 0 Å². The number of hydrogen-bond acceptors (Lipinski definition) is 5. The Morgan fingerprint density at radius 1 is 1.06 bits per heavy atom. The predicted octanol–water partition coefficient (Wildman–Crippen LogP) is 3.75. The lowest BCUT2D eigenvalue weighted by Gasteiger charge is -2.11. The van der Waals surface area contributed by atoms with Crippen molar-refractivity contribution in [3.63, 3.8) is 0 Å². The summed E-state index contributed by atoms with van der Waals surface area (Å²) in [5, 5.41) is 2.79. The molecular weight excluding hydrogens is 440 g/mol. The fourth-order valence-electron chi connectivity index (χ4n) is 2.75. The molecule has 0 fully saturated rings. The highest BCUT2D eigenvalue weighted by Crippen LogP contribution is 2.23. The number of halogens is 1. The van der Waals surface area contributed by atoms with Gasteiger partial charge in [0.05, 0.1) is 11.3 Å². The molecule has 9 heteroatoms. The van der Waals surface area contributed by atoms with E-state index in [4.69, 9.17) is 20.8 Å². The van der Waals surface area contributed by atoms with E-state index in [0.717, 1.165) is 11.3 Å². The minimum absolute atomic E-state index is 0.0448. The molecule has 0 aliphatic carbocycles. The molecule has 2 N–H and O–H groups in total. The van der Waals surface area contributed by atoms with E-state index in [-0.39, 0.29) is 27.9 Å². The van der Waals surface area contributed by atoms with Crippen LogP contribution in [0.25, 0.3) is 0 Å². The number of hydrogen-bond donors (Lipinski definition) is 2. The van der Waals surface area contributed by atoms with E-state index in [2.05, 4.69) is 10.0 Å². The molecule has 3 aromatic rings. The maximum absolute atomic E-state index is 12.7. The molecule has 164 valence electrons. The van der Waals surface area contributed by atoms with Gasteiger partial charge in [-0.05, 0) is 42.3 Å². The molecule has 0 radical (unpaired) electrons. The van der Waals surface area contributed by atoms with E-state index >= 15 is 0 Å². The van der Waals surface area contributed by atoms with Gasteiger partial charge in [-0.3, -0.25) is 4.79 Å². The number of carbonyl (C=O) groups is 1. The van der Waals surface area contributed by atoms with E-state index in [1.165, 1.54) is 18.2 Å². The van der Waals surface area contributed by atoms with Gasteiger partial charge in [-0.2, -0.15) is 0 Å². The first-order valence-corrected chi connectivity index (χ1v) is 11.5. The Bertz CT molecular complexity index is 1090. The molecule has 0 aliphatic rings. The van der Waals surface area contributed by atoms with Crippen LogP contribution in [0.2, 0.25) is 5.02 Å². The van der Waals surface area contributed by atoms with Crippen LogP contribution in [0.5, 0.6) is 0 Å². The molecule has 0 spiro atoms. The van der Waals surface area contributed by atoms with Crippen LogP contribution >= 0.6 is 11.6 Å². The highest BCUT2D eigenvalue weighted by Gasteiger charge is 2.20. The Hall–Kier alpha value is -2.65. The van der Waals surface area contributed by atoms with E-state index in [1.807, 2.05) is 36.4 Å². The van der Waals surface area contributed by atoms with Gasteiger partial charge in [0.2, 0.25) is 10.0 Å². The average molecular weight is 463 g/mol. The van der Waals surface area contributed by atoms with E-state index in [1.54, 1.807) is 12.3 Å². The summed E-state index contributed by atoms with van der Waals surface area (Å²) in [6, 6.07) is 16.9. The monoisotopic (exact) mass is 462 g/mol. The number of amides is 1. The third kappa shape index (κ3) is 6.93. The molecule has 3 rings (SSSR count). The summed E-state index contributed by atoms with van der Waals surface area (Å²) in [5.41, 5.74) is 1.02. The van der Waals surface area contributed by atoms with Crippen molar-refractivity contribution in [2.75, 3.05) is 13.2 Å². The van der Waals surface area contributed by atoms with Crippen molar-refractivity contribution in [1.29, 1.82) is 0 Å². The smallest absolute Gasteiger partial charge is 0.251 e. The second kappa shape index (κ2) is 11.1. The molecule has 31 heavy (non-hydrogen) atoms. The number of benzene rings is 2. The zero-order chi connectivity index (χ0) is 22.1. The minimum Gasteiger partial charge on any atom is -0.467 e. The van der Waals surface area contributed by atoms with Gasteiger partial charge in [-0.25, -0.2) is 13.1 Å². The SMILES string of the molecule is O=C(NCCCOCc1ccco1)c1ccc(Cl)c(S(=O)(=O)NCc2ccccc2)c1. The van der Waals surface area contributed by atoms with Gasteiger partial charge in [0.25, 0.3) is 5.91 Å². The number of carbonyl (C=O) groups excluding carboxylic acids is 1. The van der Waals surface area contributed by atoms with Gasteiger partial charge in [0, 0.05) is 25.3 Å². The number of ether oxygens (including phenoxy) is 1. The molecule has 1 aromatic heterocycles. The zero-order valence-electron chi connectivity index (χ0n) is 16.7. The van der Waals surface area contributed by atoms with Gasteiger partial charge in [-0.15, -0.1) is 0 Å². The number of rotatable bonds is 11. The van der Waals surface area contributed by atoms with E-state index in [9.17, 15) is 13.2 Å². The Kier molecular flexibility index (Phi) is 8.25. The first-order valence-electron chi connectivity index (χ1n) is 9.67. The van der Waals surface area contributed by atoms with Gasteiger partial charge in [0.1, 0.15) is 17.3 Å². The lowest BCUT2D eigenvalue weighted by molar-refractivity contribution is 0.0917. The number of sulfonamides is 1. The molecule has 0 saturated carbocycles. The summed E-state index contributed by atoms with van der Waals surface area (Å²) in [6.45, 7) is 1.32. The predicted molar refractivity (Wildman–Crippen MR) is 117 cm³/mol. The van der Waals surface area contributed by atoms with Crippen LogP contribution in [0.1, 0.15) is 28.1 Å². The van der Waals surface area contributed by atoms with Crippen molar-refractivity contribution < 1.29 is 22.4 Å². The van der Waals surface area contributed by atoms with Crippen LogP contribution in [-0.2, 0) is 27.9 Å². The zero-order valence-corrected chi connectivity index (χ0v) is 18.3. The van der Waals surface area contributed by atoms with Gasteiger partial charge < -0.3 is 14.5 Å². The fraction of sp³-hybridized carbons (Fsp3) is 0.227. The first kappa shape index (κ1) is 23.0. The minimum atomic E-state index is -3.89. The van der Waals surface area contributed by atoms with Crippen LogP contribution in [0.4, 0.5) is 0 Å². The molecule has 0 bridgehead atoms. The van der Waals surface area contributed by atoms with E-state index in [0.29, 0.717) is 26.2 Å². The summed E-state index contributed by atoms with van der Waals surface area (Å²) in [4.78, 5) is 12.3. The normalized spacial score (nSPS) is 11.4. The largest absolute Gasteiger partial charge is 0.467 e. The van der Waals surface area contributed by atoms with Crippen molar-refractivity contribution in [1.82, 2.24) is 10.0 Å². The quantitative estimate of drug-likeness (QED) is 0.423. The molecule has 0 atom stereocenters. The van der Waals surface area contributed by atoms with Crippen LogP contribution in [0, 0.1) is 0 Å². The van der Waals surface area contributed by atoms with Crippen molar-refractivity contribution >= 4 is 27.5 Å². The van der Waals surface area contributed by atoms with Gasteiger partial charge in [-0.1, -0.05) is 41.9 Å². The maximum atomic E-state index is 12.7. The lowest BCUT2D eigenvalue weighted by Crippen LogP contribution is -2.27. The standard InChI is InChI=1S/C22H23ClN2O5S/c23-20-10-9-18(22(26)24-11-5-12-29-16-19-8-4-13-30-19)14-21(20)31(27,28)25-15-17-6-2-1-3-7-17/h1-4,6-10,13-14,25H,5,11-12,15-16H2,(H,24,26). The van der Waals surface area contributed by atoms with Crippen LogP contribution in [0.15, 0.2) is 76.2 Å². The van der Waals surface area contributed by atoms with Crippen molar-refractivity contribution in [3.05, 3.63) is 88.8 Å². The van der Waals surface area contributed by atoms with Crippen molar-refractivity contribution in [2.24, 2.45) is 0 Å². The second-order valence-corrected chi connectivity index (χ2v) is 8.84. The summed E-state index contributed by atoms with van der Waals surface area (Å²) < 4.78 is 38.5. The van der Waals surface area contributed by atoms with Crippen molar-refractivity contribution in [2.45, 2.75) is 24.5 Å². The number of nitrogens with one attached hydrogen (secondary N) is 2. The first-order chi connectivity index (χ1) is 15.0. The molecule has 2 aromatic carbocycles. The van der Waals surface area contributed by atoms with Gasteiger partial charge >= 0.3 is 0 Å². The molecule has 7 nitrogen and oxygen atoms in total.